The number of ether oxygens (including phenoxy) is 2. The number of hydrogen-bond donors (Lipinski definition) is 0. The Kier molecular flexibility index (Phi) is 4.99. The van der Waals surface area contributed by atoms with Crippen molar-refractivity contribution in [3.8, 4) is 6.01 Å². The van der Waals surface area contributed by atoms with Gasteiger partial charge < -0.3 is 14.4 Å². The predicted octanol–water partition coefficient (Wildman–Crippen LogP) is 3.80. The molecule has 2 unspecified atom stereocenters. The predicted molar refractivity (Wildman–Crippen MR) is 92.8 cm³/mol. The number of piperidine rings is 1. The fraction of sp³-hybridized carbons (Fsp3) is 0.706. The van der Waals surface area contributed by atoms with Crippen LogP contribution in [0, 0.1) is 5.92 Å². The highest BCUT2D eigenvalue weighted by molar-refractivity contribution is 9.10. The molecule has 1 aromatic rings. The second-order valence-corrected chi connectivity index (χ2v) is 8.52. The molecule has 7 heteroatoms. The molecular weight excluding hydrogens is 374 g/mol. The zero-order chi connectivity index (χ0) is 17.3. The summed E-state index contributed by atoms with van der Waals surface area (Å²) in [5.74, 6) is 0.424. The van der Waals surface area contributed by atoms with Gasteiger partial charge in [0.15, 0.2) is 0 Å². The maximum atomic E-state index is 12.4. The van der Waals surface area contributed by atoms with Gasteiger partial charge in [-0.05, 0) is 68.3 Å². The first-order valence-corrected chi connectivity index (χ1v) is 9.23. The summed E-state index contributed by atoms with van der Waals surface area (Å²) >= 11 is 3.31. The van der Waals surface area contributed by atoms with Crippen molar-refractivity contribution in [1.82, 2.24) is 14.9 Å². The molecule has 2 fully saturated rings. The summed E-state index contributed by atoms with van der Waals surface area (Å²) in [6.07, 6.45) is 7.18. The SMILES string of the molecule is CC(C)(C)OC(=O)N1C2CCC1CC(COc1ncc(Br)cn1)C2. The van der Waals surface area contributed by atoms with Crippen LogP contribution in [0.5, 0.6) is 6.01 Å². The second kappa shape index (κ2) is 6.86. The maximum absolute atomic E-state index is 12.4. The highest BCUT2D eigenvalue weighted by Gasteiger charge is 2.44. The lowest BCUT2D eigenvalue weighted by atomic mass is 9.92. The molecule has 2 aliphatic rings. The minimum absolute atomic E-state index is 0.175. The summed E-state index contributed by atoms with van der Waals surface area (Å²) in [5, 5.41) is 0. The van der Waals surface area contributed by atoms with Gasteiger partial charge in [0, 0.05) is 24.5 Å². The number of aromatic nitrogens is 2. The number of rotatable bonds is 3. The van der Waals surface area contributed by atoms with Gasteiger partial charge in [0.25, 0.3) is 0 Å². The molecule has 6 nitrogen and oxygen atoms in total. The number of amides is 1. The Bertz CT molecular complexity index is 574. The standard InChI is InChI=1S/C17H24BrN3O3/c1-17(2,3)24-16(22)21-13-4-5-14(21)7-11(6-13)10-23-15-19-8-12(18)9-20-15/h8-9,11,13-14H,4-7,10H2,1-3H3. The zero-order valence-electron chi connectivity index (χ0n) is 14.4. The van der Waals surface area contributed by atoms with Crippen molar-refractivity contribution in [2.45, 2.75) is 64.1 Å². The lowest BCUT2D eigenvalue weighted by Gasteiger charge is -2.39. The third-order valence-electron chi connectivity index (χ3n) is 4.48. The molecule has 0 aliphatic carbocycles. The Morgan fingerprint density at radius 1 is 1.25 bits per heavy atom. The van der Waals surface area contributed by atoms with Crippen molar-refractivity contribution >= 4 is 22.0 Å². The van der Waals surface area contributed by atoms with Gasteiger partial charge in [-0.3, -0.25) is 0 Å². The van der Waals surface area contributed by atoms with Crippen LogP contribution in [-0.4, -0.2) is 45.3 Å². The second-order valence-electron chi connectivity index (χ2n) is 7.60. The van der Waals surface area contributed by atoms with Gasteiger partial charge in [0.1, 0.15) is 5.60 Å². The first-order valence-electron chi connectivity index (χ1n) is 8.43. The van der Waals surface area contributed by atoms with E-state index in [1.54, 1.807) is 12.4 Å². The number of halogens is 1. The number of nitrogens with zero attached hydrogens (tertiary/aromatic N) is 3. The topological polar surface area (TPSA) is 64.5 Å². The van der Waals surface area contributed by atoms with Crippen molar-refractivity contribution in [2.75, 3.05) is 6.61 Å². The fourth-order valence-corrected chi connectivity index (χ4v) is 3.81. The molecule has 24 heavy (non-hydrogen) atoms. The first-order chi connectivity index (χ1) is 11.3. The molecule has 2 aliphatic heterocycles. The normalized spacial score (nSPS) is 26.3. The van der Waals surface area contributed by atoms with Gasteiger partial charge in [-0.1, -0.05) is 0 Å². The maximum Gasteiger partial charge on any atom is 0.410 e. The minimum atomic E-state index is -0.449. The van der Waals surface area contributed by atoms with E-state index >= 15 is 0 Å². The van der Waals surface area contributed by atoms with Crippen LogP contribution in [0.2, 0.25) is 0 Å². The number of carbonyl (C=O) groups is 1. The summed E-state index contributed by atoms with van der Waals surface area (Å²) in [4.78, 5) is 22.7. The average molecular weight is 398 g/mol. The van der Waals surface area contributed by atoms with Crippen LogP contribution in [0.15, 0.2) is 16.9 Å². The molecular formula is C17H24BrN3O3. The third-order valence-corrected chi connectivity index (χ3v) is 4.89. The minimum Gasteiger partial charge on any atom is -0.463 e. The van der Waals surface area contributed by atoms with E-state index < -0.39 is 5.60 Å². The molecule has 132 valence electrons. The monoisotopic (exact) mass is 397 g/mol. The Labute approximate surface area is 151 Å². The van der Waals surface area contributed by atoms with Crippen molar-refractivity contribution in [1.29, 1.82) is 0 Å². The summed E-state index contributed by atoms with van der Waals surface area (Å²) in [6.45, 7) is 6.32. The van der Waals surface area contributed by atoms with E-state index in [0.717, 1.165) is 30.2 Å². The molecule has 1 amide bonds. The van der Waals surface area contributed by atoms with E-state index in [0.29, 0.717) is 18.5 Å². The molecule has 2 saturated heterocycles. The number of fused-ring (bicyclic) bond motifs is 2. The van der Waals surface area contributed by atoms with E-state index in [2.05, 4.69) is 25.9 Å². The van der Waals surface area contributed by atoms with Crippen LogP contribution in [-0.2, 0) is 4.74 Å². The molecule has 2 atom stereocenters. The fourth-order valence-electron chi connectivity index (χ4n) is 3.61. The lowest BCUT2D eigenvalue weighted by molar-refractivity contribution is -0.00125. The van der Waals surface area contributed by atoms with Gasteiger partial charge in [-0.15, -0.1) is 0 Å². The Hall–Kier alpha value is -1.37. The summed E-state index contributed by atoms with van der Waals surface area (Å²) in [6, 6.07) is 0.927. The van der Waals surface area contributed by atoms with E-state index in [-0.39, 0.29) is 18.2 Å². The molecule has 3 heterocycles. The van der Waals surface area contributed by atoms with Gasteiger partial charge in [-0.25, -0.2) is 14.8 Å². The van der Waals surface area contributed by atoms with Crippen LogP contribution >= 0.6 is 15.9 Å². The first kappa shape index (κ1) is 17.5. The zero-order valence-corrected chi connectivity index (χ0v) is 16.0. The molecule has 3 rings (SSSR count). The van der Waals surface area contributed by atoms with Gasteiger partial charge >= 0.3 is 12.1 Å². The van der Waals surface area contributed by atoms with E-state index in [1.807, 2.05) is 25.7 Å². The number of hydrogen-bond acceptors (Lipinski definition) is 5. The molecule has 1 aromatic heterocycles. The Morgan fingerprint density at radius 2 is 1.83 bits per heavy atom. The van der Waals surface area contributed by atoms with Crippen LogP contribution in [0.25, 0.3) is 0 Å². The highest BCUT2D eigenvalue weighted by Crippen LogP contribution is 2.39. The van der Waals surface area contributed by atoms with Gasteiger partial charge in [0.05, 0.1) is 11.1 Å². The van der Waals surface area contributed by atoms with Crippen molar-refractivity contribution < 1.29 is 14.3 Å². The summed E-state index contributed by atoms with van der Waals surface area (Å²) in [5.41, 5.74) is -0.449. The quantitative estimate of drug-likeness (QED) is 0.775. The smallest absolute Gasteiger partial charge is 0.410 e. The third kappa shape index (κ3) is 4.18. The van der Waals surface area contributed by atoms with Crippen LogP contribution in [0.4, 0.5) is 4.79 Å². The Morgan fingerprint density at radius 3 is 2.38 bits per heavy atom. The van der Waals surface area contributed by atoms with Crippen molar-refractivity contribution in [2.24, 2.45) is 5.92 Å². The van der Waals surface area contributed by atoms with Crippen LogP contribution in [0.1, 0.15) is 46.5 Å². The summed E-state index contributed by atoms with van der Waals surface area (Å²) in [7, 11) is 0. The molecule has 0 N–H and O–H groups in total. The van der Waals surface area contributed by atoms with E-state index in [1.165, 1.54) is 0 Å². The van der Waals surface area contributed by atoms with Gasteiger partial charge in [0.2, 0.25) is 0 Å². The largest absolute Gasteiger partial charge is 0.463 e. The molecule has 0 aromatic carbocycles. The molecule has 0 saturated carbocycles. The molecule has 0 radical (unpaired) electrons. The average Bonchev–Trinajstić information content (AvgIpc) is 2.76. The van der Waals surface area contributed by atoms with Crippen molar-refractivity contribution in [3.05, 3.63) is 16.9 Å². The Balaban J connectivity index is 1.55. The number of carbonyl (C=O) groups excluding carboxylic acids is 1. The van der Waals surface area contributed by atoms with Crippen molar-refractivity contribution in [3.63, 3.8) is 0 Å². The lowest BCUT2D eigenvalue weighted by Crippen LogP contribution is -2.49. The van der Waals surface area contributed by atoms with E-state index in [4.69, 9.17) is 9.47 Å². The van der Waals surface area contributed by atoms with Crippen LogP contribution in [0.3, 0.4) is 0 Å². The molecule has 2 bridgehead atoms. The highest BCUT2D eigenvalue weighted by atomic mass is 79.9. The summed E-state index contributed by atoms with van der Waals surface area (Å²) < 4.78 is 12.1. The van der Waals surface area contributed by atoms with Crippen LogP contribution < -0.4 is 4.74 Å². The van der Waals surface area contributed by atoms with Gasteiger partial charge in [-0.2, -0.15) is 0 Å². The van der Waals surface area contributed by atoms with E-state index in [9.17, 15) is 4.79 Å². The molecule has 0 spiro atoms.